The van der Waals surface area contributed by atoms with Crippen LogP contribution < -0.4 is 20.1 Å². The summed E-state index contributed by atoms with van der Waals surface area (Å²) in [5.74, 6) is -0.701. The Morgan fingerprint density at radius 1 is 0.694 bits per heavy atom. The van der Waals surface area contributed by atoms with Crippen LogP contribution in [0.4, 0.5) is 22.7 Å². The van der Waals surface area contributed by atoms with Gasteiger partial charge in [0.05, 0.1) is 22.4 Å². The van der Waals surface area contributed by atoms with Crippen molar-refractivity contribution in [1.82, 2.24) is 0 Å². The highest BCUT2D eigenvalue weighted by Crippen LogP contribution is 2.27. The molecule has 2 amide bonds. The first kappa shape index (κ1) is 40.3. The van der Waals surface area contributed by atoms with Crippen LogP contribution in [-0.4, -0.2) is 39.7 Å². The van der Waals surface area contributed by atoms with Crippen molar-refractivity contribution in [2.24, 2.45) is 0 Å². The lowest BCUT2D eigenvalue weighted by Gasteiger charge is -2.11. The highest BCUT2D eigenvalue weighted by Gasteiger charge is 2.21. The summed E-state index contributed by atoms with van der Waals surface area (Å²) >= 11 is 14.1. The Labute approximate surface area is 306 Å². The van der Waals surface area contributed by atoms with Gasteiger partial charge in [0.25, 0.3) is 11.8 Å². The number of sulfonamides is 2. The minimum Gasteiger partial charge on any atom is -0.321 e. The van der Waals surface area contributed by atoms with Gasteiger partial charge in [0.1, 0.15) is 9.75 Å². The number of anilines is 4. The SMILES string of the molecule is CC(C)S(=O)(=O)Nc1ccsc1C(=O)Nc1cccc(Cl)c1.CCCCCCCCS(=O)(=O)Nc1ccsc1C(=O)Nc1cccc(Cl)c1. The molecule has 2 aromatic carbocycles. The molecule has 0 saturated heterocycles. The Morgan fingerprint density at radius 2 is 1.16 bits per heavy atom. The molecule has 2 aromatic heterocycles. The third-order valence-corrected chi connectivity index (χ3v) is 12.2. The minimum absolute atomic E-state index is 0.0598. The quantitative estimate of drug-likeness (QED) is 0.0831. The number of hydrogen-bond acceptors (Lipinski definition) is 8. The summed E-state index contributed by atoms with van der Waals surface area (Å²) in [6.07, 6.45) is 6.06. The second-order valence-electron chi connectivity index (χ2n) is 11.1. The number of halogens is 2. The van der Waals surface area contributed by atoms with Crippen molar-refractivity contribution in [2.45, 2.75) is 64.5 Å². The maximum absolute atomic E-state index is 12.5. The minimum atomic E-state index is -3.50. The van der Waals surface area contributed by atoms with Gasteiger partial charge in [-0.1, -0.05) is 74.4 Å². The molecule has 266 valence electrons. The molecule has 0 aliphatic carbocycles. The zero-order valence-corrected chi connectivity index (χ0v) is 32.1. The number of hydrogen-bond donors (Lipinski definition) is 4. The number of thiophene rings is 2. The lowest BCUT2D eigenvalue weighted by molar-refractivity contribution is 0.102. The molecule has 4 aromatic rings. The van der Waals surface area contributed by atoms with Gasteiger partial charge in [0, 0.05) is 21.4 Å². The molecule has 0 spiro atoms. The van der Waals surface area contributed by atoms with E-state index in [9.17, 15) is 26.4 Å². The fraction of sp³-hybridized carbons (Fsp3) is 0.333. The molecule has 0 unspecified atom stereocenters. The topological polar surface area (TPSA) is 151 Å². The first-order chi connectivity index (χ1) is 23.2. The smallest absolute Gasteiger partial charge is 0.267 e. The second kappa shape index (κ2) is 19.3. The third kappa shape index (κ3) is 13.6. The van der Waals surface area contributed by atoms with Gasteiger partial charge in [0.2, 0.25) is 20.0 Å². The molecule has 0 aliphatic rings. The van der Waals surface area contributed by atoms with Crippen LogP contribution in [0, 0.1) is 0 Å². The second-order valence-corrected chi connectivity index (χ2v) is 17.9. The molecule has 10 nitrogen and oxygen atoms in total. The Morgan fingerprint density at radius 3 is 1.63 bits per heavy atom. The van der Waals surface area contributed by atoms with E-state index in [1.54, 1.807) is 85.3 Å². The first-order valence-corrected chi connectivity index (χ1v) is 21.2. The summed E-state index contributed by atoms with van der Waals surface area (Å²) in [6, 6.07) is 16.7. The van der Waals surface area contributed by atoms with E-state index in [0.29, 0.717) is 43.3 Å². The molecule has 0 aliphatic heterocycles. The van der Waals surface area contributed by atoms with Gasteiger partial charge in [-0.25, -0.2) is 16.8 Å². The summed E-state index contributed by atoms with van der Waals surface area (Å²) < 4.78 is 53.4. The van der Waals surface area contributed by atoms with Gasteiger partial charge in [0.15, 0.2) is 0 Å². The van der Waals surface area contributed by atoms with Gasteiger partial charge >= 0.3 is 0 Å². The molecule has 4 rings (SSSR count). The number of nitrogens with one attached hydrogen (secondary N) is 4. The number of benzene rings is 2. The average Bonchev–Trinajstić information content (AvgIpc) is 3.68. The molecular weight excluding hydrogens is 748 g/mol. The van der Waals surface area contributed by atoms with Crippen LogP contribution >= 0.6 is 45.9 Å². The molecule has 0 bridgehead atoms. The summed E-state index contributed by atoms with van der Waals surface area (Å²) in [5.41, 5.74) is 1.69. The summed E-state index contributed by atoms with van der Waals surface area (Å²) in [6.45, 7) is 5.29. The maximum Gasteiger partial charge on any atom is 0.267 e. The highest BCUT2D eigenvalue weighted by atomic mass is 35.5. The van der Waals surface area contributed by atoms with Crippen LogP contribution in [0.5, 0.6) is 0 Å². The van der Waals surface area contributed by atoms with Crippen molar-refractivity contribution in [3.8, 4) is 0 Å². The molecule has 49 heavy (non-hydrogen) atoms. The number of unbranched alkanes of at least 4 members (excludes halogenated alkanes) is 5. The van der Waals surface area contributed by atoms with Gasteiger partial charge < -0.3 is 10.6 Å². The molecular formula is C33H40Cl2N4O6S4. The fourth-order valence-electron chi connectivity index (χ4n) is 4.20. The summed E-state index contributed by atoms with van der Waals surface area (Å²) in [4.78, 5) is 25.4. The summed E-state index contributed by atoms with van der Waals surface area (Å²) in [7, 11) is -6.98. The van der Waals surface area contributed by atoms with E-state index < -0.39 is 31.2 Å². The molecule has 2 heterocycles. The van der Waals surface area contributed by atoms with Gasteiger partial charge in [-0.3, -0.25) is 19.0 Å². The Balaban J connectivity index is 0.000000271. The van der Waals surface area contributed by atoms with E-state index in [0.717, 1.165) is 37.0 Å². The van der Waals surface area contributed by atoms with Crippen LogP contribution in [0.15, 0.2) is 71.4 Å². The fourth-order valence-corrected chi connectivity index (χ4v) is 8.10. The van der Waals surface area contributed by atoms with Crippen molar-refractivity contribution < 1.29 is 26.4 Å². The van der Waals surface area contributed by atoms with Crippen molar-refractivity contribution in [1.29, 1.82) is 0 Å². The normalized spacial score (nSPS) is 11.4. The van der Waals surface area contributed by atoms with Crippen molar-refractivity contribution in [3.63, 3.8) is 0 Å². The van der Waals surface area contributed by atoms with E-state index in [1.165, 1.54) is 17.8 Å². The first-order valence-electron chi connectivity index (χ1n) is 15.5. The molecule has 0 atom stereocenters. The summed E-state index contributed by atoms with van der Waals surface area (Å²) in [5, 5.41) is 9.21. The van der Waals surface area contributed by atoms with E-state index in [2.05, 4.69) is 27.0 Å². The standard InChI is InChI=1S/C19H25ClN2O3S2.C14H15ClN2O3S2/c1-2-3-4-5-6-7-13-27(24,25)22-17-11-12-26-18(17)19(23)21-16-10-8-9-15(20)14-16;1-9(2)22(19,20)17-12-6-7-21-13(12)14(18)16-11-5-3-4-10(15)8-11/h8-12,14,22H,2-7,13H2,1H3,(H,21,23);3-9,17H,1-2H3,(H,16,18). The van der Waals surface area contributed by atoms with E-state index in [-0.39, 0.29) is 17.3 Å². The molecule has 0 saturated carbocycles. The average molecular weight is 788 g/mol. The largest absolute Gasteiger partial charge is 0.321 e. The maximum atomic E-state index is 12.5. The molecule has 0 fully saturated rings. The predicted molar refractivity (Wildman–Crippen MR) is 206 cm³/mol. The number of amides is 2. The zero-order chi connectivity index (χ0) is 36.0. The van der Waals surface area contributed by atoms with Crippen molar-refractivity contribution >= 4 is 100 Å². The monoisotopic (exact) mass is 786 g/mol. The highest BCUT2D eigenvalue weighted by molar-refractivity contribution is 7.93. The lowest BCUT2D eigenvalue weighted by Crippen LogP contribution is -2.23. The van der Waals surface area contributed by atoms with Gasteiger partial charge in [-0.05, 0) is 79.6 Å². The Kier molecular flexibility index (Phi) is 15.9. The number of carbonyl (C=O) groups is 2. The van der Waals surface area contributed by atoms with Crippen LogP contribution in [0.25, 0.3) is 0 Å². The van der Waals surface area contributed by atoms with Crippen LogP contribution in [-0.2, 0) is 20.0 Å². The van der Waals surface area contributed by atoms with Crippen molar-refractivity contribution in [3.05, 3.63) is 91.2 Å². The Hall–Kier alpha value is -3.14. The van der Waals surface area contributed by atoms with E-state index >= 15 is 0 Å². The lowest BCUT2D eigenvalue weighted by atomic mass is 10.1. The Bertz CT molecular complexity index is 1910. The molecule has 0 radical (unpaired) electrons. The molecule has 4 N–H and O–H groups in total. The number of carbonyl (C=O) groups excluding carboxylic acids is 2. The third-order valence-electron chi connectivity index (χ3n) is 6.81. The number of rotatable bonds is 16. The van der Waals surface area contributed by atoms with E-state index in [4.69, 9.17) is 23.2 Å². The van der Waals surface area contributed by atoms with E-state index in [1.807, 2.05) is 0 Å². The van der Waals surface area contributed by atoms with Crippen LogP contribution in [0.1, 0.15) is 78.6 Å². The van der Waals surface area contributed by atoms with Crippen molar-refractivity contribution in [2.75, 3.05) is 25.8 Å². The van der Waals surface area contributed by atoms with Gasteiger partial charge in [-0.15, -0.1) is 22.7 Å². The van der Waals surface area contributed by atoms with Crippen LogP contribution in [0.2, 0.25) is 10.0 Å². The van der Waals surface area contributed by atoms with Gasteiger partial charge in [-0.2, -0.15) is 0 Å². The molecule has 16 heteroatoms. The predicted octanol–water partition coefficient (Wildman–Crippen LogP) is 9.56. The van der Waals surface area contributed by atoms with Crippen LogP contribution in [0.3, 0.4) is 0 Å². The zero-order valence-electron chi connectivity index (χ0n) is 27.3.